The van der Waals surface area contributed by atoms with Gasteiger partial charge in [0, 0.05) is 39.1 Å². The van der Waals surface area contributed by atoms with Gasteiger partial charge in [-0.25, -0.2) is 4.98 Å². The fourth-order valence-corrected chi connectivity index (χ4v) is 4.06. The van der Waals surface area contributed by atoms with E-state index >= 15 is 0 Å². The molecule has 0 atom stereocenters. The Morgan fingerprint density at radius 2 is 1.88 bits per heavy atom. The van der Waals surface area contributed by atoms with Crippen molar-refractivity contribution < 1.29 is 14.3 Å². The largest absolute Gasteiger partial charge is 0.494 e. The van der Waals surface area contributed by atoms with Crippen LogP contribution in [0.4, 0.5) is 0 Å². The predicted molar refractivity (Wildman–Crippen MR) is 125 cm³/mol. The molecule has 2 aromatic carbocycles. The number of benzene rings is 2. The Balaban J connectivity index is 1.33. The second-order valence-corrected chi connectivity index (χ2v) is 7.98. The van der Waals surface area contributed by atoms with Crippen molar-refractivity contribution in [3.05, 3.63) is 59.9 Å². The number of amides is 1. The summed E-state index contributed by atoms with van der Waals surface area (Å²) in [5, 5.41) is 3.05. The Hall–Kier alpha value is -2.90. The number of morpholine rings is 1. The molecule has 1 fully saturated rings. The van der Waals surface area contributed by atoms with Crippen LogP contribution in [-0.2, 0) is 28.9 Å². The van der Waals surface area contributed by atoms with Gasteiger partial charge in [0.05, 0.1) is 37.3 Å². The number of carbonyl (C=O) groups excluding carboxylic acids is 1. The van der Waals surface area contributed by atoms with E-state index < -0.39 is 0 Å². The third-order valence-electron chi connectivity index (χ3n) is 5.75. The molecule has 0 bridgehead atoms. The highest BCUT2D eigenvalue weighted by atomic mass is 16.5. The molecule has 3 aromatic rings. The first kappa shape index (κ1) is 22.3. The zero-order valence-electron chi connectivity index (χ0n) is 18.8. The summed E-state index contributed by atoms with van der Waals surface area (Å²) in [6.45, 7) is 8.58. The van der Waals surface area contributed by atoms with Crippen LogP contribution in [0.3, 0.4) is 0 Å². The lowest BCUT2D eigenvalue weighted by Gasteiger charge is -2.27. The minimum atomic E-state index is 0.0186. The first-order valence-electron chi connectivity index (χ1n) is 11.5. The number of para-hydroxylation sites is 2. The van der Waals surface area contributed by atoms with Crippen LogP contribution in [0.2, 0.25) is 0 Å². The smallest absolute Gasteiger partial charge is 0.224 e. The molecule has 4 rings (SSSR count). The topological polar surface area (TPSA) is 68.6 Å². The molecule has 1 aliphatic heterocycles. The molecule has 0 aliphatic carbocycles. The summed E-state index contributed by atoms with van der Waals surface area (Å²) >= 11 is 0. The SMILES string of the molecule is CCOc1ccc(CC(=O)NCCc2nc3ccccc3n2CCN2CCOCC2)cc1. The number of carbonyl (C=O) groups is 1. The first-order valence-corrected chi connectivity index (χ1v) is 11.5. The average molecular weight is 437 g/mol. The van der Waals surface area contributed by atoms with Crippen molar-refractivity contribution in [2.24, 2.45) is 0 Å². The maximum absolute atomic E-state index is 12.4. The van der Waals surface area contributed by atoms with Crippen LogP contribution in [0, 0.1) is 0 Å². The molecule has 0 unspecified atom stereocenters. The monoisotopic (exact) mass is 436 g/mol. The number of rotatable bonds is 10. The standard InChI is InChI=1S/C25H32N4O3/c1-2-32-21-9-7-20(8-10-21)19-25(30)26-12-11-24-27-22-5-3-4-6-23(22)29(24)14-13-28-15-17-31-18-16-28/h3-10H,2,11-19H2,1H3,(H,26,30). The number of hydrogen-bond acceptors (Lipinski definition) is 5. The van der Waals surface area contributed by atoms with Gasteiger partial charge in [-0.3, -0.25) is 9.69 Å². The lowest BCUT2D eigenvalue weighted by Crippen LogP contribution is -2.38. The van der Waals surface area contributed by atoms with Gasteiger partial charge in [-0.1, -0.05) is 24.3 Å². The highest BCUT2D eigenvalue weighted by Crippen LogP contribution is 2.17. The Morgan fingerprint density at radius 1 is 1.09 bits per heavy atom. The quantitative estimate of drug-likeness (QED) is 0.529. The Kier molecular flexibility index (Phi) is 7.74. The third-order valence-corrected chi connectivity index (χ3v) is 5.75. The van der Waals surface area contributed by atoms with Crippen LogP contribution in [0.5, 0.6) is 5.75 Å². The summed E-state index contributed by atoms with van der Waals surface area (Å²) in [5.41, 5.74) is 3.13. The van der Waals surface area contributed by atoms with Crippen LogP contribution >= 0.6 is 0 Å². The summed E-state index contributed by atoms with van der Waals surface area (Å²) in [4.78, 5) is 19.7. The van der Waals surface area contributed by atoms with Crippen molar-refractivity contribution in [1.29, 1.82) is 0 Å². The second kappa shape index (κ2) is 11.1. The Bertz CT molecular complexity index is 1010. The van der Waals surface area contributed by atoms with E-state index in [1.54, 1.807) is 0 Å². The van der Waals surface area contributed by atoms with E-state index in [1.807, 2.05) is 37.3 Å². The number of nitrogens with one attached hydrogen (secondary N) is 1. The van der Waals surface area contributed by atoms with Gasteiger partial charge in [0.25, 0.3) is 0 Å². The number of hydrogen-bond donors (Lipinski definition) is 1. The number of ether oxygens (including phenoxy) is 2. The Labute approximate surface area is 189 Å². The van der Waals surface area contributed by atoms with Crippen LogP contribution < -0.4 is 10.1 Å². The molecule has 2 heterocycles. The minimum Gasteiger partial charge on any atom is -0.494 e. The summed E-state index contributed by atoms with van der Waals surface area (Å²) in [5.74, 6) is 1.86. The molecule has 1 aromatic heterocycles. The molecular weight excluding hydrogens is 404 g/mol. The van der Waals surface area contributed by atoms with Gasteiger partial charge in [0.2, 0.25) is 5.91 Å². The fourth-order valence-electron chi connectivity index (χ4n) is 4.06. The van der Waals surface area contributed by atoms with E-state index in [0.717, 1.165) is 67.6 Å². The molecule has 1 amide bonds. The van der Waals surface area contributed by atoms with E-state index in [0.29, 0.717) is 26.0 Å². The van der Waals surface area contributed by atoms with Gasteiger partial charge in [-0.05, 0) is 36.8 Å². The molecule has 0 spiro atoms. The third kappa shape index (κ3) is 5.87. The van der Waals surface area contributed by atoms with Crippen molar-refractivity contribution in [3.8, 4) is 5.75 Å². The van der Waals surface area contributed by atoms with Gasteiger partial charge < -0.3 is 19.4 Å². The maximum atomic E-state index is 12.4. The molecule has 7 heteroatoms. The van der Waals surface area contributed by atoms with Gasteiger partial charge in [0.1, 0.15) is 11.6 Å². The van der Waals surface area contributed by atoms with Gasteiger partial charge in [0.15, 0.2) is 0 Å². The lowest BCUT2D eigenvalue weighted by atomic mass is 10.1. The van der Waals surface area contributed by atoms with Crippen molar-refractivity contribution in [2.75, 3.05) is 46.0 Å². The summed E-state index contributed by atoms with van der Waals surface area (Å²) in [7, 11) is 0. The van der Waals surface area contributed by atoms with Gasteiger partial charge in [-0.2, -0.15) is 0 Å². The zero-order chi connectivity index (χ0) is 22.2. The van der Waals surface area contributed by atoms with Crippen LogP contribution in [0.25, 0.3) is 11.0 Å². The summed E-state index contributed by atoms with van der Waals surface area (Å²) in [6, 6.07) is 15.9. The van der Waals surface area contributed by atoms with Crippen LogP contribution in [0.15, 0.2) is 48.5 Å². The van der Waals surface area contributed by atoms with Gasteiger partial charge >= 0.3 is 0 Å². The molecule has 1 aliphatic rings. The molecule has 32 heavy (non-hydrogen) atoms. The second-order valence-electron chi connectivity index (χ2n) is 7.98. The van der Waals surface area contributed by atoms with E-state index in [2.05, 4.69) is 33.0 Å². The van der Waals surface area contributed by atoms with Crippen molar-refractivity contribution in [2.45, 2.75) is 26.3 Å². The molecule has 170 valence electrons. The normalized spacial score (nSPS) is 14.5. The van der Waals surface area contributed by atoms with E-state index in [-0.39, 0.29) is 5.91 Å². The molecular formula is C25H32N4O3. The van der Waals surface area contributed by atoms with Crippen molar-refractivity contribution in [1.82, 2.24) is 19.8 Å². The number of aromatic nitrogens is 2. The minimum absolute atomic E-state index is 0.0186. The lowest BCUT2D eigenvalue weighted by molar-refractivity contribution is -0.120. The first-order chi connectivity index (χ1) is 15.7. The molecule has 0 radical (unpaired) electrons. The molecule has 1 saturated heterocycles. The van der Waals surface area contributed by atoms with Crippen molar-refractivity contribution >= 4 is 16.9 Å². The summed E-state index contributed by atoms with van der Waals surface area (Å²) in [6.07, 6.45) is 1.06. The van der Waals surface area contributed by atoms with E-state index in [1.165, 1.54) is 0 Å². The van der Waals surface area contributed by atoms with Gasteiger partial charge in [-0.15, -0.1) is 0 Å². The highest BCUT2D eigenvalue weighted by molar-refractivity contribution is 5.78. The summed E-state index contributed by atoms with van der Waals surface area (Å²) < 4.78 is 13.2. The van der Waals surface area contributed by atoms with Crippen LogP contribution in [-0.4, -0.2) is 66.4 Å². The van der Waals surface area contributed by atoms with Crippen molar-refractivity contribution in [3.63, 3.8) is 0 Å². The molecule has 1 N–H and O–H groups in total. The predicted octanol–water partition coefficient (Wildman–Crippen LogP) is 2.67. The van der Waals surface area contributed by atoms with Crippen LogP contribution in [0.1, 0.15) is 18.3 Å². The average Bonchev–Trinajstić information content (AvgIpc) is 3.17. The fraction of sp³-hybridized carbons (Fsp3) is 0.440. The zero-order valence-corrected chi connectivity index (χ0v) is 18.8. The molecule has 7 nitrogen and oxygen atoms in total. The maximum Gasteiger partial charge on any atom is 0.224 e. The Morgan fingerprint density at radius 3 is 2.66 bits per heavy atom. The number of fused-ring (bicyclic) bond motifs is 1. The van der Waals surface area contributed by atoms with E-state index in [4.69, 9.17) is 14.5 Å². The van der Waals surface area contributed by atoms with E-state index in [9.17, 15) is 4.79 Å². The molecule has 0 saturated carbocycles. The number of nitrogens with zero attached hydrogens (tertiary/aromatic N) is 3. The highest BCUT2D eigenvalue weighted by Gasteiger charge is 2.14. The number of imidazole rings is 1.